The maximum absolute atomic E-state index is 12.0. The van der Waals surface area contributed by atoms with Crippen molar-refractivity contribution in [2.24, 2.45) is 11.5 Å². The third-order valence-electron chi connectivity index (χ3n) is 2.30. The third kappa shape index (κ3) is 2.85. The topological polar surface area (TPSA) is 52.0 Å². The highest BCUT2D eigenvalue weighted by Crippen LogP contribution is 2.28. The molecule has 0 fully saturated rings. The molecule has 14 heavy (non-hydrogen) atoms. The van der Waals surface area contributed by atoms with E-state index in [0.717, 1.165) is 0 Å². The van der Waals surface area contributed by atoms with E-state index in [9.17, 15) is 13.2 Å². The Labute approximate surface area is 80.5 Å². The van der Waals surface area contributed by atoms with Crippen LogP contribution in [0, 0.1) is 0 Å². The van der Waals surface area contributed by atoms with Gasteiger partial charge in [0.1, 0.15) is 0 Å². The highest BCUT2D eigenvalue weighted by molar-refractivity contribution is 5.26. The van der Waals surface area contributed by atoms with Crippen LogP contribution in [0.3, 0.4) is 0 Å². The van der Waals surface area contributed by atoms with Crippen LogP contribution in [0.2, 0.25) is 0 Å². The highest BCUT2D eigenvalue weighted by atomic mass is 19.4. The molecular formula is C9H13F3N2. The molecule has 0 saturated carbocycles. The normalized spacial score (nSPS) is 32.2. The summed E-state index contributed by atoms with van der Waals surface area (Å²) in [6, 6.07) is -0.546. The van der Waals surface area contributed by atoms with Crippen LogP contribution in [-0.2, 0) is 0 Å². The quantitative estimate of drug-likeness (QED) is 0.719. The second kappa shape index (κ2) is 3.74. The second-order valence-electron chi connectivity index (χ2n) is 3.50. The summed E-state index contributed by atoms with van der Waals surface area (Å²) in [5, 5.41) is 0. The molecular weight excluding hydrogens is 193 g/mol. The Morgan fingerprint density at radius 3 is 2.43 bits per heavy atom. The van der Waals surface area contributed by atoms with Gasteiger partial charge in [-0.15, -0.1) is 0 Å². The summed E-state index contributed by atoms with van der Waals surface area (Å²) in [7, 11) is 0. The van der Waals surface area contributed by atoms with E-state index in [0.29, 0.717) is 0 Å². The van der Waals surface area contributed by atoms with E-state index >= 15 is 0 Å². The molecule has 0 aliphatic heterocycles. The minimum absolute atomic E-state index is 0.182. The van der Waals surface area contributed by atoms with Gasteiger partial charge in [0.25, 0.3) is 0 Å². The van der Waals surface area contributed by atoms with Gasteiger partial charge in [0.15, 0.2) is 0 Å². The van der Waals surface area contributed by atoms with E-state index in [2.05, 4.69) is 0 Å². The lowest BCUT2D eigenvalue weighted by atomic mass is 9.83. The Morgan fingerprint density at radius 1 is 1.29 bits per heavy atom. The first-order valence-corrected chi connectivity index (χ1v) is 4.31. The summed E-state index contributed by atoms with van der Waals surface area (Å²) in [5.41, 5.74) is 10.3. The van der Waals surface area contributed by atoms with E-state index in [-0.39, 0.29) is 6.42 Å². The molecule has 5 heteroatoms. The zero-order chi connectivity index (χ0) is 10.8. The Kier molecular flexibility index (Phi) is 3.01. The van der Waals surface area contributed by atoms with Crippen molar-refractivity contribution in [3.05, 3.63) is 24.3 Å². The number of allylic oxidation sites excluding steroid dienone is 2. The molecule has 0 aromatic rings. The van der Waals surface area contributed by atoms with Crippen molar-refractivity contribution in [2.75, 3.05) is 0 Å². The molecule has 0 bridgehead atoms. The van der Waals surface area contributed by atoms with E-state index in [1.54, 1.807) is 18.2 Å². The predicted octanol–water partition coefficient (Wildman–Crippen LogP) is 1.48. The van der Waals surface area contributed by atoms with Crippen LogP contribution >= 0.6 is 0 Å². The zero-order valence-electron chi connectivity index (χ0n) is 7.59. The first kappa shape index (κ1) is 11.3. The average Bonchev–Trinajstić information content (AvgIpc) is 2.06. The predicted molar refractivity (Wildman–Crippen MR) is 48.5 cm³/mol. The molecule has 0 spiro atoms. The second-order valence-corrected chi connectivity index (χ2v) is 3.50. The van der Waals surface area contributed by atoms with Crippen LogP contribution in [0.1, 0.15) is 12.8 Å². The van der Waals surface area contributed by atoms with Crippen LogP contribution in [0.5, 0.6) is 0 Å². The maximum atomic E-state index is 12.0. The van der Waals surface area contributed by atoms with Crippen LogP contribution in [0.4, 0.5) is 13.2 Å². The lowest BCUT2D eigenvalue weighted by molar-refractivity contribution is -0.137. The van der Waals surface area contributed by atoms with Crippen LogP contribution in [0.25, 0.3) is 0 Å². The van der Waals surface area contributed by atoms with Crippen molar-refractivity contribution in [1.29, 1.82) is 0 Å². The number of hydrogen-bond acceptors (Lipinski definition) is 2. The molecule has 0 amide bonds. The lowest BCUT2D eigenvalue weighted by Gasteiger charge is -2.32. The molecule has 2 nitrogen and oxygen atoms in total. The van der Waals surface area contributed by atoms with E-state index < -0.39 is 24.2 Å². The fourth-order valence-corrected chi connectivity index (χ4v) is 1.32. The van der Waals surface area contributed by atoms with Crippen LogP contribution in [0.15, 0.2) is 24.3 Å². The summed E-state index contributed by atoms with van der Waals surface area (Å²) in [6.07, 6.45) is 1.18. The fraction of sp³-hybridized carbons (Fsp3) is 0.556. The van der Waals surface area contributed by atoms with Gasteiger partial charge in [0.05, 0.1) is 5.54 Å². The van der Waals surface area contributed by atoms with Gasteiger partial charge in [-0.1, -0.05) is 24.3 Å². The molecule has 4 N–H and O–H groups in total. The first-order valence-electron chi connectivity index (χ1n) is 4.31. The fourth-order valence-electron chi connectivity index (χ4n) is 1.32. The van der Waals surface area contributed by atoms with Crippen molar-refractivity contribution in [2.45, 2.75) is 30.6 Å². The molecule has 0 aromatic carbocycles. The van der Waals surface area contributed by atoms with E-state index in [1.807, 2.05) is 0 Å². The van der Waals surface area contributed by atoms with Crippen LogP contribution < -0.4 is 11.5 Å². The Morgan fingerprint density at radius 2 is 1.93 bits per heavy atom. The molecule has 1 aliphatic rings. The van der Waals surface area contributed by atoms with Gasteiger partial charge in [0, 0.05) is 12.5 Å². The molecule has 80 valence electrons. The smallest absolute Gasteiger partial charge is 0.323 e. The Balaban J connectivity index is 2.58. The maximum Gasteiger partial charge on any atom is 0.389 e. The molecule has 2 atom stereocenters. The van der Waals surface area contributed by atoms with Crippen molar-refractivity contribution in [1.82, 2.24) is 0 Å². The molecule has 1 rings (SSSR count). The average molecular weight is 206 g/mol. The number of halogens is 3. The molecule has 0 radical (unpaired) electrons. The van der Waals surface area contributed by atoms with Gasteiger partial charge in [-0.25, -0.2) is 0 Å². The monoisotopic (exact) mass is 206 g/mol. The molecule has 0 heterocycles. The summed E-state index contributed by atoms with van der Waals surface area (Å²) in [4.78, 5) is 0. The SMILES string of the molecule is NC1C=CC=CC1(N)CCC(F)(F)F. The third-order valence-corrected chi connectivity index (χ3v) is 2.30. The van der Waals surface area contributed by atoms with Gasteiger partial charge < -0.3 is 11.5 Å². The molecule has 0 aromatic heterocycles. The van der Waals surface area contributed by atoms with Crippen molar-refractivity contribution in [3.63, 3.8) is 0 Å². The summed E-state index contributed by atoms with van der Waals surface area (Å²) >= 11 is 0. The summed E-state index contributed by atoms with van der Waals surface area (Å²) in [6.45, 7) is 0. The number of hydrogen-bond donors (Lipinski definition) is 2. The zero-order valence-corrected chi connectivity index (χ0v) is 7.59. The van der Waals surface area contributed by atoms with E-state index in [1.165, 1.54) is 6.08 Å². The van der Waals surface area contributed by atoms with Crippen molar-refractivity contribution < 1.29 is 13.2 Å². The lowest BCUT2D eigenvalue weighted by Crippen LogP contribution is -2.54. The van der Waals surface area contributed by atoms with Gasteiger partial charge in [-0.3, -0.25) is 0 Å². The van der Waals surface area contributed by atoms with Crippen molar-refractivity contribution in [3.8, 4) is 0 Å². The minimum Gasteiger partial charge on any atom is -0.323 e. The number of nitrogens with two attached hydrogens (primary N) is 2. The molecule has 1 aliphatic carbocycles. The molecule has 0 saturated heterocycles. The van der Waals surface area contributed by atoms with Crippen LogP contribution in [-0.4, -0.2) is 17.8 Å². The summed E-state index contributed by atoms with van der Waals surface area (Å²) in [5.74, 6) is 0. The van der Waals surface area contributed by atoms with Gasteiger partial charge in [0.2, 0.25) is 0 Å². The standard InChI is InChI=1S/C9H13F3N2/c10-9(11,12)6-5-8(14)4-2-1-3-7(8)13/h1-4,7H,5-6,13-14H2. The minimum atomic E-state index is -4.18. The van der Waals surface area contributed by atoms with Gasteiger partial charge in [-0.05, 0) is 6.42 Å². The largest absolute Gasteiger partial charge is 0.389 e. The Hall–Kier alpha value is -0.810. The number of rotatable bonds is 2. The van der Waals surface area contributed by atoms with Gasteiger partial charge >= 0.3 is 6.18 Å². The van der Waals surface area contributed by atoms with Gasteiger partial charge in [-0.2, -0.15) is 13.2 Å². The first-order chi connectivity index (χ1) is 6.33. The summed E-state index contributed by atoms with van der Waals surface area (Å²) < 4.78 is 35.9. The molecule has 2 unspecified atom stereocenters. The van der Waals surface area contributed by atoms with Crippen molar-refractivity contribution >= 4 is 0 Å². The number of alkyl halides is 3. The van der Waals surface area contributed by atoms with E-state index in [4.69, 9.17) is 11.5 Å². The highest BCUT2D eigenvalue weighted by Gasteiger charge is 2.35. The Bertz CT molecular complexity index is 257.